The number of hydrogen-bond acceptors (Lipinski definition) is 8. The molecule has 0 atom stereocenters. The van der Waals surface area contributed by atoms with Gasteiger partial charge in [-0.25, -0.2) is 0 Å². The maximum atomic E-state index is 12.4. The topological polar surface area (TPSA) is 123 Å². The van der Waals surface area contributed by atoms with E-state index in [4.69, 9.17) is 10.2 Å². The first-order valence-electron chi connectivity index (χ1n) is 7.53. The fourth-order valence-corrected chi connectivity index (χ4v) is 3.49. The Morgan fingerprint density at radius 3 is 2.77 bits per heavy atom. The molecule has 0 aliphatic carbocycles. The monoisotopic (exact) mass is 389 g/mol. The zero-order chi connectivity index (χ0) is 18.4. The van der Waals surface area contributed by atoms with Crippen LogP contribution >= 0.6 is 23.1 Å². The third-order valence-corrected chi connectivity index (χ3v) is 5.08. The second-order valence-electron chi connectivity index (χ2n) is 5.05. The van der Waals surface area contributed by atoms with Crippen LogP contribution < -0.4 is 16.4 Å². The van der Waals surface area contributed by atoms with Crippen LogP contribution in [0.25, 0.3) is 0 Å². The van der Waals surface area contributed by atoms with E-state index in [9.17, 15) is 9.59 Å². The zero-order valence-electron chi connectivity index (χ0n) is 13.5. The van der Waals surface area contributed by atoms with Crippen molar-refractivity contribution in [3.63, 3.8) is 0 Å². The molecule has 3 aromatic rings. The molecule has 0 unspecified atom stereocenters. The Morgan fingerprint density at radius 1 is 1.19 bits per heavy atom. The average molecular weight is 389 g/mol. The highest BCUT2D eigenvalue weighted by atomic mass is 32.2. The van der Waals surface area contributed by atoms with Crippen molar-refractivity contribution in [1.29, 1.82) is 0 Å². The number of hydrogen-bond donors (Lipinski definition) is 3. The summed E-state index contributed by atoms with van der Waals surface area (Å²) in [6, 6.07) is 10.3. The van der Waals surface area contributed by atoms with Crippen LogP contribution in [-0.2, 0) is 11.3 Å². The molecule has 0 saturated carbocycles. The molecule has 2 heterocycles. The predicted octanol–water partition coefficient (Wildman–Crippen LogP) is 2.37. The van der Waals surface area contributed by atoms with Crippen molar-refractivity contribution < 1.29 is 14.0 Å². The van der Waals surface area contributed by atoms with E-state index >= 15 is 0 Å². The van der Waals surface area contributed by atoms with Gasteiger partial charge in [0.1, 0.15) is 5.76 Å². The molecule has 134 valence electrons. The third kappa shape index (κ3) is 4.83. The maximum Gasteiger partial charge on any atom is 0.253 e. The number of aromatic nitrogens is 2. The van der Waals surface area contributed by atoms with Gasteiger partial charge in [0.15, 0.2) is 4.34 Å². The van der Waals surface area contributed by atoms with E-state index < -0.39 is 0 Å². The second kappa shape index (κ2) is 8.50. The molecule has 4 N–H and O–H groups in total. The zero-order valence-corrected chi connectivity index (χ0v) is 15.1. The molecular weight excluding hydrogens is 374 g/mol. The number of nitrogens with two attached hydrogens (primary N) is 1. The molecule has 0 saturated heterocycles. The Morgan fingerprint density at radius 2 is 2.04 bits per heavy atom. The van der Waals surface area contributed by atoms with E-state index in [1.165, 1.54) is 23.1 Å². The molecule has 0 bridgehead atoms. The molecule has 0 aliphatic heterocycles. The number of anilines is 2. The van der Waals surface area contributed by atoms with Gasteiger partial charge in [-0.15, -0.1) is 10.2 Å². The van der Waals surface area contributed by atoms with Crippen LogP contribution in [-0.4, -0.2) is 27.8 Å². The molecule has 0 fully saturated rings. The summed E-state index contributed by atoms with van der Waals surface area (Å²) in [5.74, 6) is 0.223. The number of nitrogen functional groups attached to an aromatic ring is 1. The lowest BCUT2D eigenvalue weighted by Gasteiger charge is -2.10. The fourth-order valence-electron chi connectivity index (χ4n) is 2.06. The smallest absolute Gasteiger partial charge is 0.253 e. The summed E-state index contributed by atoms with van der Waals surface area (Å²) < 4.78 is 5.80. The first kappa shape index (κ1) is 18.0. The van der Waals surface area contributed by atoms with Gasteiger partial charge in [0.2, 0.25) is 11.0 Å². The lowest BCUT2D eigenvalue weighted by molar-refractivity contribution is -0.113. The number of carbonyl (C=O) groups excluding carboxylic acids is 2. The van der Waals surface area contributed by atoms with Gasteiger partial charge in [0.25, 0.3) is 5.91 Å². The number of carbonyl (C=O) groups is 2. The number of rotatable bonds is 7. The normalized spacial score (nSPS) is 10.5. The minimum Gasteiger partial charge on any atom is -0.467 e. The Labute approximate surface area is 157 Å². The molecule has 1 aromatic carbocycles. The lowest BCUT2D eigenvalue weighted by Crippen LogP contribution is -2.25. The van der Waals surface area contributed by atoms with Crippen LogP contribution in [0.4, 0.5) is 10.8 Å². The Hall–Kier alpha value is -2.85. The Kier molecular flexibility index (Phi) is 5.87. The first-order valence-corrected chi connectivity index (χ1v) is 9.33. The van der Waals surface area contributed by atoms with Gasteiger partial charge >= 0.3 is 0 Å². The summed E-state index contributed by atoms with van der Waals surface area (Å²) in [7, 11) is 0. The average Bonchev–Trinajstić information content (AvgIpc) is 3.30. The molecule has 0 aliphatic rings. The standard InChI is InChI=1S/C16H15N5O3S2/c17-15-20-21-16(26-15)25-9-13(22)19-12-6-2-1-5-11(12)14(23)18-8-10-4-3-7-24-10/h1-7H,8-9H2,(H2,17,20)(H,18,23)(H,19,22). The van der Waals surface area contributed by atoms with Gasteiger partial charge in [-0.1, -0.05) is 35.2 Å². The van der Waals surface area contributed by atoms with Crippen molar-refractivity contribution in [3.8, 4) is 0 Å². The summed E-state index contributed by atoms with van der Waals surface area (Å²) in [5, 5.41) is 13.4. The van der Waals surface area contributed by atoms with Gasteiger partial charge in [-0.2, -0.15) is 0 Å². The van der Waals surface area contributed by atoms with Crippen LogP contribution in [0.1, 0.15) is 16.1 Å². The molecule has 8 nitrogen and oxygen atoms in total. The molecule has 10 heteroatoms. The van der Waals surface area contributed by atoms with Gasteiger partial charge < -0.3 is 20.8 Å². The number of benzene rings is 1. The molecule has 2 amide bonds. The fraction of sp³-hybridized carbons (Fsp3) is 0.125. The van der Waals surface area contributed by atoms with Crippen molar-refractivity contribution in [2.24, 2.45) is 0 Å². The molecule has 0 radical (unpaired) electrons. The van der Waals surface area contributed by atoms with Crippen LogP contribution in [0.2, 0.25) is 0 Å². The Balaban J connectivity index is 1.58. The van der Waals surface area contributed by atoms with E-state index in [-0.39, 0.29) is 24.1 Å². The van der Waals surface area contributed by atoms with E-state index in [0.29, 0.717) is 26.5 Å². The third-order valence-electron chi connectivity index (χ3n) is 3.20. The van der Waals surface area contributed by atoms with Crippen molar-refractivity contribution in [1.82, 2.24) is 15.5 Å². The molecular formula is C16H15N5O3S2. The minimum atomic E-state index is -0.304. The highest BCUT2D eigenvalue weighted by Crippen LogP contribution is 2.24. The number of nitrogens with zero attached hydrogens (tertiary/aromatic N) is 2. The summed E-state index contributed by atoms with van der Waals surface area (Å²) in [6.45, 7) is 0.266. The molecule has 26 heavy (non-hydrogen) atoms. The van der Waals surface area contributed by atoms with E-state index in [1.54, 1.807) is 42.7 Å². The first-order chi connectivity index (χ1) is 12.6. The van der Waals surface area contributed by atoms with Crippen molar-refractivity contribution in [2.75, 3.05) is 16.8 Å². The van der Waals surface area contributed by atoms with Crippen molar-refractivity contribution in [3.05, 3.63) is 54.0 Å². The summed E-state index contributed by atoms with van der Waals surface area (Å²) >= 11 is 2.45. The van der Waals surface area contributed by atoms with E-state index in [1.807, 2.05) is 0 Å². The van der Waals surface area contributed by atoms with Gasteiger partial charge in [0, 0.05) is 0 Å². The number of thioether (sulfide) groups is 1. The van der Waals surface area contributed by atoms with Gasteiger partial charge in [-0.3, -0.25) is 9.59 Å². The second-order valence-corrected chi connectivity index (χ2v) is 7.28. The van der Waals surface area contributed by atoms with Crippen LogP contribution in [0.5, 0.6) is 0 Å². The van der Waals surface area contributed by atoms with E-state index in [0.717, 1.165) is 0 Å². The number of para-hydroxylation sites is 1. The van der Waals surface area contributed by atoms with E-state index in [2.05, 4.69) is 20.8 Å². The molecule has 2 aromatic heterocycles. The summed E-state index contributed by atoms with van der Waals surface area (Å²) in [4.78, 5) is 24.5. The summed E-state index contributed by atoms with van der Waals surface area (Å²) in [6.07, 6.45) is 1.54. The quantitative estimate of drug-likeness (QED) is 0.530. The van der Waals surface area contributed by atoms with Crippen molar-refractivity contribution in [2.45, 2.75) is 10.9 Å². The van der Waals surface area contributed by atoms with Crippen LogP contribution in [0.3, 0.4) is 0 Å². The highest BCUT2D eigenvalue weighted by molar-refractivity contribution is 8.01. The highest BCUT2D eigenvalue weighted by Gasteiger charge is 2.14. The van der Waals surface area contributed by atoms with Gasteiger partial charge in [0.05, 0.1) is 29.8 Å². The van der Waals surface area contributed by atoms with Gasteiger partial charge in [-0.05, 0) is 24.3 Å². The summed E-state index contributed by atoms with van der Waals surface area (Å²) in [5.41, 5.74) is 6.31. The predicted molar refractivity (Wildman–Crippen MR) is 100.0 cm³/mol. The largest absolute Gasteiger partial charge is 0.467 e. The maximum absolute atomic E-state index is 12.4. The number of amides is 2. The molecule has 3 rings (SSSR count). The van der Waals surface area contributed by atoms with Crippen LogP contribution in [0, 0.1) is 0 Å². The SMILES string of the molecule is Nc1nnc(SCC(=O)Nc2ccccc2C(=O)NCc2ccco2)s1. The number of nitrogens with one attached hydrogen (secondary N) is 2. The Bertz CT molecular complexity index is 895. The van der Waals surface area contributed by atoms with Crippen LogP contribution in [0.15, 0.2) is 51.4 Å². The lowest BCUT2D eigenvalue weighted by atomic mass is 10.1. The minimum absolute atomic E-state index is 0.136. The van der Waals surface area contributed by atoms with Crippen molar-refractivity contribution >= 4 is 45.7 Å². The molecule has 0 spiro atoms. The number of furan rings is 1.